The summed E-state index contributed by atoms with van der Waals surface area (Å²) in [6.07, 6.45) is 6.95. The molecule has 0 heterocycles. The van der Waals surface area contributed by atoms with Gasteiger partial charge >= 0.3 is 0 Å². The van der Waals surface area contributed by atoms with Crippen molar-refractivity contribution in [2.75, 3.05) is 0 Å². The van der Waals surface area contributed by atoms with Crippen LogP contribution >= 0.6 is 15.9 Å². The third-order valence-electron chi connectivity index (χ3n) is 1.53. The van der Waals surface area contributed by atoms with Gasteiger partial charge in [0, 0.05) is 6.42 Å². The normalized spacial score (nSPS) is 10.7. The van der Waals surface area contributed by atoms with E-state index in [1.54, 1.807) is 11.1 Å². The summed E-state index contributed by atoms with van der Waals surface area (Å²) in [7, 11) is 0. The molecule has 0 bridgehead atoms. The zero-order valence-corrected chi connectivity index (χ0v) is 8.56. The lowest BCUT2D eigenvalue weighted by Gasteiger charge is -1.94. The lowest BCUT2D eigenvalue weighted by Crippen LogP contribution is -1.91. The van der Waals surface area contributed by atoms with Gasteiger partial charge < -0.3 is 0 Å². The Morgan fingerprint density at radius 3 is 2.64 bits per heavy atom. The number of carbonyl (C=O) groups excluding carboxylic acids is 1. The molecule has 0 rings (SSSR count). The van der Waals surface area contributed by atoms with Crippen LogP contribution in [-0.2, 0) is 4.79 Å². The van der Waals surface area contributed by atoms with Crippen LogP contribution in [0, 0.1) is 0 Å². The van der Waals surface area contributed by atoms with Gasteiger partial charge in [0.25, 0.3) is 0 Å². The average Bonchev–Trinajstić information content (AvgIpc) is 1.99. The summed E-state index contributed by atoms with van der Waals surface area (Å²) in [4.78, 5) is 12.5. The smallest absolute Gasteiger partial charge is 0.156 e. The molecule has 0 aliphatic carbocycles. The highest BCUT2D eigenvalue weighted by atomic mass is 79.9. The van der Waals surface area contributed by atoms with E-state index in [0.29, 0.717) is 6.42 Å². The summed E-state index contributed by atoms with van der Waals surface area (Å²) in [5.41, 5.74) is 0. The van der Waals surface area contributed by atoms with Crippen LogP contribution in [0.5, 0.6) is 0 Å². The topological polar surface area (TPSA) is 17.1 Å². The highest BCUT2D eigenvalue weighted by Gasteiger charge is 1.94. The van der Waals surface area contributed by atoms with E-state index in [2.05, 4.69) is 22.9 Å². The minimum Gasteiger partial charge on any atom is -0.295 e. The van der Waals surface area contributed by atoms with Crippen molar-refractivity contribution in [1.82, 2.24) is 0 Å². The Bertz CT molecular complexity index is 130. The van der Waals surface area contributed by atoms with Gasteiger partial charge in [0.15, 0.2) is 5.78 Å². The molecule has 0 aromatic heterocycles. The van der Waals surface area contributed by atoms with Crippen LogP contribution in [0.25, 0.3) is 0 Å². The van der Waals surface area contributed by atoms with Crippen molar-refractivity contribution in [3.8, 4) is 0 Å². The van der Waals surface area contributed by atoms with Crippen LogP contribution in [0.3, 0.4) is 0 Å². The van der Waals surface area contributed by atoms with Crippen LogP contribution in [0.1, 0.15) is 39.0 Å². The summed E-state index contributed by atoms with van der Waals surface area (Å²) in [6, 6.07) is 0. The third-order valence-corrected chi connectivity index (χ3v) is 1.79. The summed E-state index contributed by atoms with van der Waals surface area (Å²) in [5.74, 6) is 0.220. The lowest BCUT2D eigenvalue weighted by molar-refractivity contribution is -0.114. The second kappa shape index (κ2) is 7.99. The lowest BCUT2D eigenvalue weighted by atomic mass is 10.1. The molecular formula is C9H15BrO. The van der Waals surface area contributed by atoms with Gasteiger partial charge in [-0.1, -0.05) is 42.1 Å². The van der Waals surface area contributed by atoms with E-state index >= 15 is 0 Å². The van der Waals surface area contributed by atoms with Crippen molar-refractivity contribution in [2.24, 2.45) is 0 Å². The van der Waals surface area contributed by atoms with E-state index in [0.717, 1.165) is 6.42 Å². The highest BCUT2D eigenvalue weighted by Crippen LogP contribution is 2.03. The summed E-state index contributed by atoms with van der Waals surface area (Å²) in [5, 5.41) is 0. The number of unbranched alkanes of at least 4 members (excludes halogenated alkanes) is 3. The highest BCUT2D eigenvalue weighted by molar-refractivity contribution is 9.11. The first-order valence-corrected chi connectivity index (χ1v) is 5.02. The van der Waals surface area contributed by atoms with Crippen molar-refractivity contribution >= 4 is 21.7 Å². The van der Waals surface area contributed by atoms with E-state index in [1.807, 2.05) is 0 Å². The monoisotopic (exact) mass is 218 g/mol. The number of allylic oxidation sites excluding steroid dienone is 1. The molecule has 0 aromatic rings. The number of carbonyl (C=O) groups is 1. The van der Waals surface area contributed by atoms with Gasteiger partial charge in [-0.3, -0.25) is 4.79 Å². The zero-order valence-electron chi connectivity index (χ0n) is 6.98. The molecule has 0 fully saturated rings. The van der Waals surface area contributed by atoms with Gasteiger partial charge in [-0.2, -0.15) is 0 Å². The fraction of sp³-hybridized carbons (Fsp3) is 0.667. The first-order chi connectivity index (χ1) is 5.31. The van der Waals surface area contributed by atoms with Crippen LogP contribution in [0.15, 0.2) is 11.1 Å². The van der Waals surface area contributed by atoms with Gasteiger partial charge in [0.05, 0.1) is 0 Å². The predicted molar refractivity (Wildman–Crippen MR) is 51.8 cm³/mol. The summed E-state index contributed by atoms with van der Waals surface area (Å²) < 4.78 is 0. The molecule has 0 aromatic carbocycles. The minimum atomic E-state index is 0.220. The zero-order chi connectivity index (χ0) is 8.53. The molecule has 11 heavy (non-hydrogen) atoms. The largest absolute Gasteiger partial charge is 0.295 e. The van der Waals surface area contributed by atoms with E-state index in [4.69, 9.17) is 0 Å². The number of halogens is 1. The maximum Gasteiger partial charge on any atom is 0.156 e. The van der Waals surface area contributed by atoms with Crippen molar-refractivity contribution < 1.29 is 4.79 Å². The molecule has 2 heteroatoms. The van der Waals surface area contributed by atoms with Crippen LogP contribution in [0.4, 0.5) is 0 Å². The molecule has 0 amide bonds. The molecule has 0 unspecified atom stereocenters. The van der Waals surface area contributed by atoms with Gasteiger partial charge in [-0.15, -0.1) is 0 Å². The molecule has 1 nitrogen and oxygen atoms in total. The first kappa shape index (κ1) is 10.9. The van der Waals surface area contributed by atoms with Crippen molar-refractivity contribution in [2.45, 2.75) is 39.0 Å². The fourth-order valence-corrected chi connectivity index (χ4v) is 1.17. The van der Waals surface area contributed by atoms with Gasteiger partial charge in [-0.05, 0) is 17.5 Å². The molecule has 0 aliphatic heterocycles. The Hall–Kier alpha value is -0.110. The van der Waals surface area contributed by atoms with Gasteiger partial charge in [0.1, 0.15) is 0 Å². The van der Waals surface area contributed by atoms with Gasteiger partial charge in [-0.25, -0.2) is 0 Å². The number of hydrogen-bond acceptors (Lipinski definition) is 1. The fourth-order valence-electron chi connectivity index (χ4n) is 0.880. The van der Waals surface area contributed by atoms with E-state index in [-0.39, 0.29) is 5.78 Å². The van der Waals surface area contributed by atoms with Crippen LogP contribution in [0.2, 0.25) is 0 Å². The average molecular weight is 219 g/mol. The molecule has 64 valence electrons. The molecular weight excluding hydrogens is 204 g/mol. The molecule has 0 aliphatic rings. The van der Waals surface area contributed by atoms with Gasteiger partial charge in [0.2, 0.25) is 0 Å². The summed E-state index contributed by atoms with van der Waals surface area (Å²) >= 11 is 3.07. The number of rotatable bonds is 6. The van der Waals surface area contributed by atoms with Crippen molar-refractivity contribution in [3.05, 3.63) is 11.1 Å². The molecule has 0 saturated carbocycles. The maximum atomic E-state index is 10.9. The standard InChI is InChI=1S/C9H15BrO/c1-2-3-4-5-6-9(11)7-8-10/h7-8H,2-6H2,1H3/b8-7+. The van der Waals surface area contributed by atoms with Crippen LogP contribution < -0.4 is 0 Å². The Balaban J connectivity index is 3.17. The molecule has 0 radical (unpaired) electrons. The number of hydrogen-bond donors (Lipinski definition) is 0. The Morgan fingerprint density at radius 2 is 2.09 bits per heavy atom. The molecule has 0 N–H and O–H groups in total. The predicted octanol–water partition coefficient (Wildman–Crippen LogP) is 3.43. The first-order valence-electron chi connectivity index (χ1n) is 4.11. The third kappa shape index (κ3) is 7.79. The Morgan fingerprint density at radius 1 is 1.36 bits per heavy atom. The van der Waals surface area contributed by atoms with E-state index < -0.39 is 0 Å². The van der Waals surface area contributed by atoms with E-state index in [9.17, 15) is 4.79 Å². The molecule has 0 saturated heterocycles. The summed E-state index contributed by atoms with van der Waals surface area (Å²) in [6.45, 7) is 2.17. The SMILES string of the molecule is CCCCCCC(=O)/C=C/Br. The van der Waals surface area contributed by atoms with Crippen molar-refractivity contribution in [1.29, 1.82) is 0 Å². The number of ketones is 1. The maximum absolute atomic E-state index is 10.9. The van der Waals surface area contributed by atoms with E-state index in [1.165, 1.54) is 19.3 Å². The van der Waals surface area contributed by atoms with Crippen molar-refractivity contribution in [3.63, 3.8) is 0 Å². The minimum absolute atomic E-state index is 0.220. The Labute approximate surface area is 77.0 Å². The Kier molecular flexibility index (Phi) is 7.91. The molecule has 0 atom stereocenters. The second-order valence-corrected chi connectivity index (χ2v) is 3.10. The van der Waals surface area contributed by atoms with Crippen LogP contribution in [-0.4, -0.2) is 5.78 Å². The second-order valence-electron chi connectivity index (χ2n) is 2.57. The quantitative estimate of drug-likeness (QED) is 0.494. The molecule has 0 spiro atoms.